The van der Waals surface area contributed by atoms with Crippen LogP contribution in [0, 0.1) is 0 Å². The number of aliphatic hydroxyl groups excluding tert-OH is 1. The topological polar surface area (TPSA) is 92.4 Å². The minimum atomic E-state index is -0.379. The van der Waals surface area contributed by atoms with Crippen LogP contribution in [0.5, 0.6) is 0 Å². The Morgan fingerprint density at radius 1 is 1.17 bits per heavy atom. The summed E-state index contributed by atoms with van der Waals surface area (Å²) < 4.78 is 0. The van der Waals surface area contributed by atoms with Crippen molar-refractivity contribution in [3.05, 3.63) is 29.8 Å². The summed E-state index contributed by atoms with van der Waals surface area (Å²) >= 11 is 0. The summed E-state index contributed by atoms with van der Waals surface area (Å²) in [7, 11) is 0. The van der Waals surface area contributed by atoms with Gasteiger partial charge in [-0.05, 0) is 30.5 Å². The van der Waals surface area contributed by atoms with Gasteiger partial charge in [-0.25, -0.2) is 0 Å². The average Bonchev–Trinajstić information content (AvgIpc) is 2.31. The number of primary amides is 1. The minimum absolute atomic E-state index is 0.0777. The molecular weight excluding hydrogens is 232 g/mol. The average molecular weight is 250 g/mol. The Morgan fingerprint density at radius 2 is 1.83 bits per heavy atom. The van der Waals surface area contributed by atoms with E-state index in [1.54, 1.807) is 24.3 Å². The van der Waals surface area contributed by atoms with Crippen LogP contribution in [0.15, 0.2) is 24.3 Å². The van der Waals surface area contributed by atoms with E-state index in [0.717, 1.165) is 5.56 Å². The van der Waals surface area contributed by atoms with Crippen LogP contribution in [0.4, 0.5) is 5.69 Å². The number of hydrogen-bond donors (Lipinski definition) is 3. The molecule has 1 aromatic carbocycles. The van der Waals surface area contributed by atoms with E-state index in [1.807, 2.05) is 0 Å². The fourth-order valence-corrected chi connectivity index (χ4v) is 1.53. The molecule has 98 valence electrons. The van der Waals surface area contributed by atoms with E-state index in [0.29, 0.717) is 24.9 Å². The van der Waals surface area contributed by atoms with Gasteiger partial charge in [-0.2, -0.15) is 0 Å². The molecule has 2 amide bonds. The number of carbonyl (C=O) groups excluding carboxylic acids is 2. The van der Waals surface area contributed by atoms with E-state index in [1.165, 1.54) is 0 Å². The summed E-state index contributed by atoms with van der Waals surface area (Å²) in [5.41, 5.74) is 6.59. The van der Waals surface area contributed by atoms with Crippen LogP contribution in [-0.2, 0) is 16.0 Å². The highest BCUT2D eigenvalue weighted by atomic mass is 16.3. The first-order valence-corrected chi connectivity index (χ1v) is 5.90. The molecule has 0 fully saturated rings. The van der Waals surface area contributed by atoms with Gasteiger partial charge in [0.15, 0.2) is 0 Å². The highest BCUT2D eigenvalue weighted by Gasteiger charge is 2.03. The number of hydrogen-bond acceptors (Lipinski definition) is 3. The number of nitrogens with two attached hydrogens (primary N) is 1. The summed E-state index contributed by atoms with van der Waals surface area (Å²) in [6, 6.07) is 6.99. The number of aliphatic hydroxyl groups is 1. The van der Waals surface area contributed by atoms with E-state index in [2.05, 4.69) is 5.32 Å². The van der Waals surface area contributed by atoms with Gasteiger partial charge in [0.1, 0.15) is 0 Å². The molecule has 0 aliphatic rings. The predicted octanol–water partition coefficient (Wildman–Crippen LogP) is 0.815. The van der Waals surface area contributed by atoms with Crippen LogP contribution in [0.1, 0.15) is 24.8 Å². The van der Waals surface area contributed by atoms with Crippen molar-refractivity contribution in [2.75, 3.05) is 11.9 Å². The molecule has 0 radical (unpaired) electrons. The maximum Gasteiger partial charge on any atom is 0.224 e. The lowest BCUT2D eigenvalue weighted by Gasteiger charge is -2.05. The van der Waals surface area contributed by atoms with E-state index in [9.17, 15) is 9.59 Å². The Labute approximate surface area is 106 Å². The second kappa shape index (κ2) is 7.45. The van der Waals surface area contributed by atoms with Crippen LogP contribution < -0.4 is 11.1 Å². The smallest absolute Gasteiger partial charge is 0.224 e. The normalized spacial score (nSPS) is 10.1. The number of rotatable bonds is 7. The summed E-state index contributed by atoms with van der Waals surface area (Å²) in [5, 5.41) is 11.3. The van der Waals surface area contributed by atoms with Crippen molar-refractivity contribution in [3.63, 3.8) is 0 Å². The maximum absolute atomic E-state index is 11.5. The van der Waals surface area contributed by atoms with Gasteiger partial charge in [0.25, 0.3) is 0 Å². The zero-order chi connectivity index (χ0) is 13.4. The van der Waals surface area contributed by atoms with Gasteiger partial charge in [-0.15, -0.1) is 0 Å². The second-order valence-corrected chi connectivity index (χ2v) is 4.07. The van der Waals surface area contributed by atoms with Crippen molar-refractivity contribution < 1.29 is 14.7 Å². The number of unbranched alkanes of at least 4 members (excludes halogenated alkanes) is 1. The molecule has 0 aromatic heterocycles. The van der Waals surface area contributed by atoms with Crippen molar-refractivity contribution >= 4 is 17.5 Å². The molecular formula is C13H18N2O3. The molecule has 0 spiro atoms. The second-order valence-electron chi connectivity index (χ2n) is 4.07. The molecule has 5 heteroatoms. The fraction of sp³-hybridized carbons (Fsp3) is 0.385. The van der Waals surface area contributed by atoms with Gasteiger partial charge in [0.05, 0.1) is 6.42 Å². The summed E-state index contributed by atoms with van der Waals surface area (Å²) in [4.78, 5) is 22.2. The highest BCUT2D eigenvalue weighted by molar-refractivity contribution is 5.90. The van der Waals surface area contributed by atoms with Gasteiger partial charge >= 0.3 is 0 Å². The molecule has 0 saturated carbocycles. The molecule has 18 heavy (non-hydrogen) atoms. The molecule has 5 nitrogen and oxygen atoms in total. The van der Waals surface area contributed by atoms with Gasteiger partial charge in [0.2, 0.25) is 11.8 Å². The van der Waals surface area contributed by atoms with E-state index in [-0.39, 0.29) is 24.8 Å². The van der Waals surface area contributed by atoms with E-state index < -0.39 is 0 Å². The lowest BCUT2D eigenvalue weighted by atomic mass is 10.1. The zero-order valence-corrected chi connectivity index (χ0v) is 10.2. The van der Waals surface area contributed by atoms with Crippen LogP contribution in [0.2, 0.25) is 0 Å². The number of anilines is 1. The van der Waals surface area contributed by atoms with Crippen LogP contribution in [-0.4, -0.2) is 23.5 Å². The van der Waals surface area contributed by atoms with Crippen LogP contribution in [0.25, 0.3) is 0 Å². The number of carbonyl (C=O) groups is 2. The van der Waals surface area contributed by atoms with Gasteiger partial charge in [-0.3, -0.25) is 9.59 Å². The van der Waals surface area contributed by atoms with Crippen LogP contribution in [0.3, 0.4) is 0 Å². The first-order valence-electron chi connectivity index (χ1n) is 5.90. The van der Waals surface area contributed by atoms with Crippen molar-refractivity contribution in [3.8, 4) is 0 Å². The standard InChI is InChI=1S/C13H18N2O3/c14-12(17)9-10-4-6-11(7-5-10)15-13(18)3-1-2-8-16/h4-7,16H,1-3,8-9H2,(H2,14,17)(H,15,18). The van der Waals surface area contributed by atoms with Crippen molar-refractivity contribution in [1.82, 2.24) is 0 Å². The predicted molar refractivity (Wildman–Crippen MR) is 68.9 cm³/mol. The molecule has 0 atom stereocenters. The largest absolute Gasteiger partial charge is 0.396 e. The molecule has 4 N–H and O–H groups in total. The Morgan fingerprint density at radius 3 is 2.39 bits per heavy atom. The Bertz CT molecular complexity index is 401. The Balaban J connectivity index is 2.43. The van der Waals surface area contributed by atoms with Crippen molar-refractivity contribution in [1.29, 1.82) is 0 Å². The molecule has 0 aliphatic heterocycles. The van der Waals surface area contributed by atoms with Crippen molar-refractivity contribution in [2.24, 2.45) is 5.73 Å². The molecule has 0 saturated heterocycles. The number of benzene rings is 1. The lowest BCUT2D eigenvalue weighted by Crippen LogP contribution is -2.14. The van der Waals surface area contributed by atoms with Gasteiger partial charge in [-0.1, -0.05) is 12.1 Å². The third-order valence-corrected chi connectivity index (χ3v) is 2.43. The summed E-state index contributed by atoms with van der Waals surface area (Å²) in [5.74, 6) is -0.457. The summed E-state index contributed by atoms with van der Waals surface area (Å²) in [6.07, 6.45) is 1.89. The first-order chi connectivity index (χ1) is 8.61. The Kier molecular flexibility index (Phi) is 5.87. The monoisotopic (exact) mass is 250 g/mol. The molecule has 0 unspecified atom stereocenters. The minimum Gasteiger partial charge on any atom is -0.396 e. The Hall–Kier alpha value is -1.88. The molecule has 0 heterocycles. The third kappa shape index (κ3) is 5.45. The molecule has 1 aromatic rings. The first kappa shape index (κ1) is 14.2. The van der Waals surface area contributed by atoms with E-state index >= 15 is 0 Å². The molecule has 0 aliphatic carbocycles. The van der Waals surface area contributed by atoms with Gasteiger partial charge in [0, 0.05) is 18.7 Å². The molecule has 0 bridgehead atoms. The van der Waals surface area contributed by atoms with Gasteiger partial charge < -0.3 is 16.2 Å². The number of amides is 2. The fourth-order valence-electron chi connectivity index (χ4n) is 1.53. The SMILES string of the molecule is NC(=O)Cc1ccc(NC(=O)CCCCO)cc1. The lowest BCUT2D eigenvalue weighted by molar-refractivity contribution is -0.117. The van der Waals surface area contributed by atoms with Crippen LogP contribution >= 0.6 is 0 Å². The third-order valence-electron chi connectivity index (χ3n) is 2.43. The molecule has 1 rings (SSSR count). The quantitative estimate of drug-likeness (QED) is 0.625. The van der Waals surface area contributed by atoms with Crippen molar-refractivity contribution in [2.45, 2.75) is 25.7 Å². The maximum atomic E-state index is 11.5. The number of nitrogens with one attached hydrogen (secondary N) is 1. The zero-order valence-electron chi connectivity index (χ0n) is 10.2. The van der Waals surface area contributed by atoms with E-state index in [4.69, 9.17) is 10.8 Å². The summed E-state index contributed by atoms with van der Waals surface area (Å²) in [6.45, 7) is 0.106. The highest BCUT2D eigenvalue weighted by Crippen LogP contribution is 2.10.